The van der Waals surface area contributed by atoms with Crippen LogP contribution in [0.2, 0.25) is 0 Å². The van der Waals surface area contributed by atoms with Gasteiger partial charge in [-0.2, -0.15) is 0 Å². The van der Waals surface area contributed by atoms with Crippen molar-refractivity contribution in [3.8, 4) is 11.4 Å². The predicted molar refractivity (Wildman–Crippen MR) is 155 cm³/mol. The first-order valence-electron chi connectivity index (χ1n) is 12.9. The molecule has 2 heterocycles. The zero-order valence-electron chi connectivity index (χ0n) is 21.5. The number of amides is 1. The zero-order valence-corrected chi connectivity index (χ0v) is 22.3. The van der Waals surface area contributed by atoms with Gasteiger partial charge in [-0.1, -0.05) is 55.4 Å². The van der Waals surface area contributed by atoms with Gasteiger partial charge in [-0.25, -0.2) is 4.98 Å². The first kappa shape index (κ1) is 25.6. The molecule has 5 aromatic rings. The van der Waals surface area contributed by atoms with E-state index in [1.807, 2.05) is 67.6 Å². The topological polar surface area (TPSA) is 89.0 Å². The SMILES string of the molecule is CCCCc1ccc(NC(=O)CSc2nc3c([nH]c4ccccc43)c(=O)n2-c2ccc(OCC)cc2)cc1. The van der Waals surface area contributed by atoms with Gasteiger partial charge < -0.3 is 15.0 Å². The van der Waals surface area contributed by atoms with Crippen LogP contribution in [0.1, 0.15) is 32.3 Å². The molecule has 0 saturated heterocycles. The minimum atomic E-state index is -0.221. The number of hydrogen-bond donors (Lipinski definition) is 2. The summed E-state index contributed by atoms with van der Waals surface area (Å²) in [6.45, 7) is 4.65. The summed E-state index contributed by atoms with van der Waals surface area (Å²) in [6.07, 6.45) is 3.33. The highest BCUT2D eigenvalue weighted by Gasteiger charge is 2.18. The Balaban J connectivity index is 1.44. The zero-order chi connectivity index (χ0) is 26.5. The number of rotatable bonds is 10. The molecule has 0 atom stereocenters. The lowest BCUT2D eigenvalue weighted by molar-refractivity contribution is -0.113. The number of nitrogens with one attached hydrogen (secondary N) is 2. The van der Waals surface area contributed by atoms with Crippen molar-refractivity contribution in [3.63, 3.8) is 0 Å². The number of H-pyrrole nitrogens is 1. The maximum Gasteiger partial charge on any atom is 0.283 e. The summed E-state index contributed by atoms with van der Waals surface area (Å²) in [5.41, 5.74) is 4.30. The number of carbonyl (C=O) groups excluding carboxylic acids is 1. The van der Waals surface area contributed by atoms with Crippen LogP contribution in [0.25, 0.3) is 27.6 Å². The number of unbranched alkanes of at least 4 members (excludes halogenated alkanes) is 1. The van der Waals surface area contributed by atoms with Crippen LogP contribution in [0.4, 0.5) is 5.69 Å². The smallest absolute Gasteiger partial charge is 0.283 e. The van der Waals surface area contributed by atoms with Crippen LogP contribution in [0.15, 0.2) is 82.7 Å². The Bertz CT molecular complexity index is 1620. The van der Waals surface area contributed by atoms with Crippen LogP contribution < -0.4 is 15.6 Å². The van der Waals surface area contributed by atoms with Gasteiger partial charge in [-0.05, 0) is 67.8 Å². The van der Waals surface area contributed by atoms with Gasteiger partial charge in [0.15, 0.2) is 5.16 Å². The van der Waals surface area contributed by atoms with Crippen LogP contribution in [0.5, 0.6) is 5.75 Å². The third-order valence-electron chi connectivity index (χ3n) is 6.29. The number of aryl methyl sites for hydroxylation is 1. The molecule has 3 aromatic carbocycles. The lowest BCUT2D eigenvalue weighted by Crippen LogP contribution is -2.23. The van der Waals surface area contributed by atoms with Crippen molar-refractivity contribution in [1.29, 1.82) is 0 Å². The van der Waals surface area contributed by atoms with E-state index >= 15 is 0 Å². The average molecular weight is 527 g/mol. The molecule has 2 N–H and O–H groups in total. The van der Waals surface area contributed by atoms with Gasteiger partial charge in [0.25, 0.3) is 5.56 Å². The fraction of sp³-hybridized carbons (Fsp3) is 0.233. The van der Waals surface area contributed by atoms with Crippen molar-refractivity contribution in [1.82, 2.24) is 14.5 Å². The second kappa shape index (κ2) is 11.6. The Morgan fingerprint density at radius 1 is 1.03 bits per heavy atom. The highest BCUT2D eigenvalue weighted by Crippen LogP contribution is 2.27. The highest BCUT2D eigenvalue weighted by atomic mass is 32.2. The second-order valence-electron chi connectivity index (χ2n) is 8.99. The molecule has 2 aromatic heterocycles. The largest absolute Gasteiger partial charge is 0.494 e. The quantitative estimate of drug-likeness (QED) is 0.164. The van der Waals surface area contributed by atoms with Crippen LogP contribution in [-0.4, -0.2) is 32.8 Å². The van der Waals surface area contributed by atoms with Gasteiger partial charge >= 0.3 is 0 Å². The fourth-order valence-electron chi connectivity index (χ4n) is 4.39. The summed E-state index contributed by atoms with van der Waals surface area (Å²) in [7, 11) is 0. The molecule has 0 spiro atoms. The number of ether oxygens (including phenoxy) is 1. The number of aromatic nitrogens is 3. The predicted octanol–water partition coefficient (Wildman–Crippen LogP) is 6.34. The number of nitrogens with zero attached hydrogens (tertiary/aromatic N) is 2. The third kappa shape index (κ3) is 5.45. The van der Waals surface area contributed by atoms with E-state index < -0.39 is 0 Å². The van der Waals surface area contributed by atoms with Gasteiger partial charge in [0.1, 0.15) is 16.8 Å². The monoisotopic (exact) mass is 526 g/mol. The van der Waals surface area contributed by atoms with E-state index in [2.05, 4.69) is 29.4 Å². The van der Waals surface area contributed by atoms with Gasteiger partial charge in [-0.3, -0.25) is 14.2 Å². The third-order valence-corrected chi connectivity index (χ3v) is 7.23. The molecule has 0 saturated carbocycles. The van der Waals surface area contributed by atoms with Crippen molar-refractivity contribution in [3.05, 3.63) is 88.7 Å². The lowest BCUT2D eigenvalue weighted by atomic mass is 10.1. The molecule has 0 aliphatic heterocycles. The summed E-state index contributed by atoms with van der Waals surface area (Å²) in [4.78, 5) is 34.7. The van der Waals surface area contributed by atoms with E-state index in [0.717, 1.165) is 41.6 Å². The molecule has 8 heteroatoms. The Kier molecular flexibility index (Phi) is 7.79. The molecule has 0 aliphatic rings. The number of aromatic amines is 1. The molecular formula is C30H30N4O3S. The van der Waals surface area contributed by atoms with E-state index in [4.69, 9.17) is 9.72 Å². The second-order valence-corrected chi connectivity index (χ2v) is 9.94. The number of fused-ring (bicyclic) bond motifs is 3. The number of para-hydroxylation sites is 1. The lowest BCUT2D eigenvalue weighted by Gasteiger charge is -2.13. The van der Waals surface area contributed by atoms with Crippen molar-refractivity contribution in [2.45, 2.75) is 38.3 Å². The van der Waals surface area contributed by atoms with Crippen molar-refractivity contribution < 1.29 is 9.53 Å². The molecule has 5 rings (SSSR count). The number of anilines is 1. The summed E-state index contributed by atoms with van der Waals surface area (Å²) in [5.74, 6) is 0.663. The Morgan fingerprint density at radius 2 is 1.79 bits per heavy atom. The van der Waals surface area contributed by atoms with Crippen LogP contribution in [0.3, 0.4) is 0 Å². The molecule has 0 radical (unpaired) electrons. The Hall–Kier alpha value is -4.04. The number of carbonyl (C=O) groups is 1. The van der Waals surface area contributed by atoms with Crippen molar-refractivity contribution in [2.24, 2.45) is 0 Å². The van der Waals surface area contributed by atoms with E-state index in [1.54, 1.807) is 4.57 Å². The van der Waals surface area contributed by atoms with Gasteiger partial charge in [0, 0.05) is 16.6 Å². The molecule has 7 nitrogen and oxygen atoms in total. The standard InChI is InChI=1S/C30H30N4O3S/c1-3-5-8-20-11-13-21(14-12-20)31-26(35)19-38-30-33-27-24-9-6-7-10-25(24)32-28(27)29(36)34(30)22-15-17-23(18-16-22)37-4-2/h6-7,9-18,32H,3-5,8,19H2,1-2H3,(H,31,35). The molecule has 1 amide bonds. The molecule has 0 bridgehead atoms. The van der Waals surface area contributed by atoms with Crippen molar-refractivity contribution >= 4 is 45.3 Å². The maximum absolute atomic E-state index is 13.7. The summed E-state index contributed by atoms with van der Waals surface area (Å²) in [6, 6.07) is 23.0. The van der Waals surface area contributed by atoms with Crippen LogP contribution >= 0.6 is 11.8 Å². The fourth-order valence-corrected chi connectivity index (χ4v) is 5.19. The number of hydrogen-bond acceptors (Lipinski definition) is 5. The summed E-state index contributed by atoms with van der Waals surface area (Å²) in [5, 5.41) is 4.27. The van der Waals surface area contributed by atoms with Crippen LogP contribution in [-0.2, 0) is 11.2 Å². The molecule has 38 heavy (non-hydrogen) atoms. The molecule has 0 unspecified atom stereocenters. The Morgan fingerprint density at radius 3 is 2.53 bits per heavy atom. The minimum Gasteiger partial charge on any atom is -0.494 e. The van der Waals surface area contributed by atoms with Gasteiger partial charge in [-0.15, -0.1) is 0 Å². The average Bonchev–Trinajstić information content (AvgIpc) is 3.31. The number of benzene rings is 3. The molecular weight excluding hydrogens is 496 g/mol. The maximum atomic E-state index is 13.7. The van der Waals surface area contributed by atoms with Crippen LogP contribution in [0, 0.1) is 0 Å². The molecule has 194 valence electrons. The highest BCUT2D eigenvalue weighted by molar-refractivity contribution is 7.99. The van der Waals surface area contributed by atoms with E-state index in [0.29, 0.717) is 28.5 Å². The summed E-state index contributed by atoms with van der Waals surface area (Å²) < 4.78 is 7.11. The first-order valence-corrected chi connectivity index (χ1v) is 13.8. The van der Waals surface area contributed by atoms with E-state index in [1.165, 1.54) is 17.3 Å². The van der Waals surface area contributed by atoms with Crippen molar-refractivity contribution in [2.75, 3.05) is 17.7 Å². The minimum absolute atomic E-state index is 0.106. The van der Waals surface area contributed by atoms with Gasteiger partial charge in [0.2, 0.25) is 5.91 Å². The summed E-state index contributed by atoms with van der Waals surface area (Å²) >= 11 is 1.23. The van der Waals surface area contributed by atoms with E-state index in [9.17, 15) is 9.59 Å². The molecule has 0 aliphatic carbocycles. The molecule has 0 fully saturated rings. The van der Waals surface area contributed by atoms with Gasteiger partial charge in [0.05, 0.1) is 18.0 Å². The normalized spacial score (nSPS) is 11.2. The Labute approximate surface area is 225 Å². The number of thioether (sulfide) groups is 1. The first-order chi connectivity index (χ1) is 18.6. The van der Waals surface area contributed by atoms with E-state index in [-0.39, 0.29) is 17.2 Å².